The monoisotopic (exact) mass is 288 g/mol. The molecule has 1 aliphatic carbocycles. The van der Waals surface area contributed by atoms with Crippen molar-refractivity contribution in [2.24, 2.45) is 0 Å². The predicted octanol–water partition coefficient (Wildman–Crippen LogP) is 0.470. The maximum Gasteiger partial charge on any atom is 0.332 e. The van der Waals surface area contributed by atoms with Gasteiger partial charge < -0.3 is 25.6 Å². The number of carboxylic acid groups (broad SMARTS) is 1. The number of aliphatic carboxylic acids is 1. The van der Waals surface area contributed by atoms with Gasteiger partial charge in [0.2, 0.25) is 0 Å². The topological polar surface area (TPSA) is 108 Å². The van der Waals surface area contributed by atoms with Crippen LogP contribution in [0.3, 0.4) is 0 Å². The molecule has 116 valence electrons. The lowest BCUT2D eigenvalue weighted by Crippen LogP contribution is -2.39. The molecule has 0 spiro atoms. The van der Waals surface area contributed by atoms with Crippen LogP contribution in [0.1, 0.15) is 38.5 Å². The van der Waals surface area contributed by atoms with E-state index in [1.165, 1.54) is 19.3 Å². The fraction of sp³-hybridized carbons (Fsp3) is 0.846. The zero-order valence-corrected chi connectivity index (χ0v) is 11.6. The van der Waals surface area contributed by atoms with Gasteiger partial charge in [0.15, 0.2) is 6.10 Å². The van der Waals surface area contributed by atoms with E-state index in [2.05, 4.69) is 10.6 Å². The van der Waals surface area contributed by atoms with E-state index in [9.17, 15) is 9.59 Å². The lowest BCUT2D eigenvalue weighted by Gasteiger charge is -2.22. The second-order valence-electron chi connectivity index (χ2n) is 4.96. The van der Waals surface area contributed by atoms with Crippen LogP contribution in [0.4, 0.5) is 4.79 Å². The summed E-state index contributed by atoms with van der Waals surface area (Å²) in [5.74, 6) is -1.28. The van der Waals surface area contributed by atoms with Crippen molar-refractivity contribution >= 4 is 12.0 Å². The molecular weight excluding hydrogens is 264 g/mol. The van der Waals surface area contributed by atoms with Crippen LogP contribution >= 0.6 is 0 Å². The summed E-state index contributed by atoms with van der Waals surface area (Å²) < 4.78 is 5.65. The van der Waals surface area contributed by atoms with E-state index in [4.69, 9.17) is 14.9 Å². The summed E-state index contributed by atoms with van der Waals surface area (Å²) in [5.41, 5.74) is 0. The van der Waals surface area contributed by atoms with Gasteiger partial charge in [-0.25, -0.2) is 9.59 Å². The highest BCUT2D eigenvalue weighted by Crippen LogP contribution is 2.19. The Balaban J connectivity index is 1.95. The molecule has 1 rings (SSSR count). The van der Waals surface area contributed by atoms with E-state index in [1.54, 1.807) is 0 Å². The minimum Gasteiger partial charge on any atom is -0.479 e. The molecule has 4 N–H and O–H groups in total. The molecule has 0 aromatic rings. The number of carboxylic acids is 1. The Hall–Kier alpha value is -1.34. The van der Waals surface area contributed by atoms with Gasteiger partial charge in [0.25, 0.3) is 0 Å². The van der Waals surface area contributed by atoms with Crippen molar-refractivity contribution in [2.75, 3.05) is 19.7 Å². The first kappa shape index (κ1) is 16.7. The highest BCUT2D eigenvalue weighted by atomic mass is 16.5. The number of carbonyl (C=O) groups excluding carboxylic acids is 1. The Kier molecular flexibility index (Phi) is 7.98. The number of ether oxygens (including phenoxy) is 1. The number of aliphatic hydroxyl groups excluding tert-OH is 1. The molecule has 1 fully saturated rings. The first-order chi connectivity index (χ1) is 9.59. The van der Waals surface area contributed by atoms with Crippen LogP contribution in [-0.2, 0) is 9.53 Å². The Morgan fingerprint density at radius 1 is 1.15 bits per heavy atom. The quantitative estimate of drug-likeness (QED) is 0.486. The van der Waals surface area contributed by atoms with Gasteiger partial charge in [-0.15, -0.1) is 0 Å². The molecule has 0 aromatic heterocycles. The lowest BCUT2D eigenvalue weighted by atomic mass is 9.98. The molecule has 0 aliphatic heterocycles. The average molecular weight is 288 g/mol. The number of amides is 2. The van der Waals surface area contributed by atoms with Gasteiger partial charge in [0.1, 0.15) is 0 Å². The summed E-state index contributed by atoms with van der Waals surface area (Å²) in [5, 5.41) is 22.6. The van der Waals surface area contributed by atoms with E-state index in [1.807, 2.05) is 0 Å². The van der Waals surface area contributed by atoms with Gasteiger partial charge in [-0.1, -0.05) is 19.3 Å². The van der Waals surface area contributed by atoms with Gasteiger partial charge in [-0.3, -0.25) is 0 Å². The van der Waals surface area contributed by atoms with Crippen molar-refractivity contribution in [2.45, 2.75) is 50.7 Å². The number of nitrogens with one attached hydrogen (secondary N) is 2. The van der Waals surface area contributed by atoms with Crippen LogP contribution in [0.2, 0.25) is 0 Å². The largest absolute Gasteiger partial charge is 0.479 e. The Morgan fingerprint density at radius 3 is 2.45 bits per heavy atom. The van der Waals surface area contributed by atoms with Crippen molar-refractivity contribution in [3.05, 3.63) is 0 Å². The van der Waals surface area contributed by atoms with Crippen molar-refractivity contribution in [3.63, 3.8) is 0 Å². The third kappa shape index (κ3) is 7.30. The molecule has 7 heteroatoms. The smallest absolute Gasteiger partial charge is 0.332 e. The van der Waals surface area contributed by atoms with Crippen LogP contribution in [0.5, 0.6) is 0 Å². The Morgan fingerprint density at radius 2 is 1.80 bits per heavy atom. The molecule has 0 bridgehead atoms. The maximum absolute atomic E-state index is 11.3. The molecule has 0 aromatic carbocycles. The van der Waals surface area contributed by atoms with Gasteiger partial charge in [0, 0.05) is 19.5 Å². The number of carbonyl (C=O) groups is 2. The normalized spacial score (nSPS) is 17.4. The molecule has 0 radical (unpaired) electrons. The summed E-state index contributed by atoms with van der Waals surface area (Å²) in [6, 6.07) is -0.380. The van der Waals surface area contributed by atoms with E-state index >= 15 is 0 Å². The molecule has 2 amide bonds. The summed E-state index contributed by atoms with van der Waals surface area (Å²) in [6.45, 7) is 1.02. The van der Waals surface area contributed by atoms with Crippen LogP contribution < -0.4 is 10.6 Å². The van der Waals surface area contributed by atoms with Gasteiger partial charge >= 0.3 is 12.0 Å². The zero-order valence-electron chi connectivity index (χ0n) is 11.6. The average Bonchev–Trinajstić information content (AvgIpc) is 2.44. The Labute approximate surface area is 118 Å². The number of aliphatic hydroxyl groups is 1. The minimum absolute atomic E-state index is 0.0126. The van der Waals surface area contributed by atoms with Crippen LogP contribution in [0.15, 0.2) is 0 Å². The third-order valence-corrected chi connectivity index (χ3v) is 3.28. The van der Waals surface area contributed by atoms with Crippen LogP contribution in [-0.4, -0.2) is 54.1 Å². The number of hydrogen-bond acceptors (Lipinski definition) is 4. The molecule has 1 atom stereocenters. The summed E-state index contributed by atoms with van der Waals surface area (Å²) in [6.07, 6.45) is 4.77. The lowest BCUT2D eigenvalue weighted by molar-refractivity contribution is -0.146. The summed E-state index contributed by atoms with van der Waals surface area (Å²) in [4.78, 5) is 21.7. The molecular formula is C13H24N2O5. The SMILES string of the molecule is O=C(NCCOC1CCCCC1)NCC[C@H](O)C(=O)O. The van der Waals surface area contributed by atoms with Crippen molar-refractivity contribution in [1.29, 1.82) is 0 Å². The van der Waals surface area contributed by atoms with E-state index in [-0.39, 0.29) is 19.0 Å². The third-order valence-electron chi connectivity index (χ3n) is 3.28. The summed E-state index contributed by atoms with van der Waals surface area (Å²) >= 11 is 0. The van der Waals surface area contributed by atoms with Gasteiger partial charge in [0.05, 0.1) is 12.7 Å². The van der Waals surface area contributed by atoms with Crippen molar-refractivity contribution < 1.29 is 24.5 Å². The number of hydrogen-bond donors (Lipinski definition) is 4. The van der Waals surface area contributed by atoms with Crippen molar-refractivity contribution in [1.82, 2.24) is 10.6 Å². The fourth-order valence-corrected chi connectivity index (χ4v) is 2.13. The molecule has 0 unspecified atom stereocenters. The van der Waals surface area contributed by atoms with Crippen LogP contribution in [0, 0.1) is 0 Å². The predicted molar refractivity (Wildman–Crippen MR) is 72.5 cm³/mol. The molecule has 7 nitrogen and oxygen atoms in total. The standard InChI is InChI=1S/C13H24N2O5/c16-11(12(17)18)6-7-14-13(19)15-8-9-20-10-4-2-1-3-5-10/h10-11,16H,1-9H2,(H,17,18)(H2,14,15,19)/t11-/m0/s1. The first-order valence-electron chi connectivity index (χ1n) is 7.13. The second-order valence-corrected chi connectivity index (χ2v) is 4.96. The fourth-order valence-electron chi connectivity index (χ4n) is 2.13. The Bertz CT molecular complexity index is 305. The summed E-state index contributed by atoms with van der Waals surface area (Å²) in [7, 11) is 0. The molecule has 0 heterocycles. The maximum atomic E-state index is 11.3. The molecule has 1 aliphatic rings. The number of urea groups is 1. The minimum atomic E-state index is -1.44. The molecule has 0 saturated heterocycles. The van der Waals surface area contributed by atoms with Gasteiger partial charge in [-0.2, -0.15) is 0 Å². The first-order valence-corrected chi connectivity index (χ1v) is 7.13. The highest BCUT2D eigenvalue weighted by Gasteiger charge is 2.14. The van der Waals surface area contributed by atoms with Crippen LogP contribution in [0.25, 0.3) is 0 Å². The van der Waals surface area contributed by atoms with E-state index < -0.39 is 12.1 Å². The second kappa shape index (κ2) is 9.55. The number of rotatable bonds is 8. The highest BCUT2D eigenvalue weighted by molar-refractivity contribution is 5.74. The molecule has 20 heavy (non-hydrogen) atoms. The van der Waals surface area contributed by atoms with E-state index in [0.29, 0.717) is 19.3 Å². The van der Waals surface area contributed by atoms with E-state index in [0.717, 1.165) is 12.8 Å². The zero-order chi connectivity index (χ0) is 14.8. The molecule has 1 saturated carbocycles. The van der Waals surface area contributed by atoms with Gasteiger partial charge in [-0.05, 0) is 12.8 Å². The van der Waals surface area contributed by atoms with Crippen molar-refractivity contribution in [3.8, 4) is 0 Å².